The van der Waals surface area contributed by atoms with Gasteiger partial charge in [0, 0.05) is 12.8 Å². The van der Waals surface area contributed by atoms with Crippen molar-refractivity contribution in [2.24, 2.45) is 0 Å². The van der Waals surface area contributed by atoms with Crippen LogP contribution in [0, 0.1) is 0 Å². The SMILES string of the molecule is CCCCCCCC/C=C/CCCCCCCCCC(=O)O[C@H](COC(=O)CCCCCCCCCCCCCCCCCCCCCCCCC)COP(=O)(O)O. The monoisotopic (exact) mass is 843 g/mol. The van der Waals surface area contributed by atoms with E-state index in [1.165, 1.54) is 193 Å². The fourth-order valence-corrected chi connectivity index (χ4v) is 7.91. The molecule has 0 radical (unpaired) electrons. The molecule has 1 atom stereocenters. The maximum absolute atomic E-state index is 12.4. The molecule has 0 bridgehead atoms. The number of phosphoric acid groups is 1. The van der Waals surface area contributed by atoms with E-state index in [-0.39, 0.29) is 19.4 Å². The van der Waals surface area contributed by atoms with Gasteiger partial charge in [0.1, 0.15) is 6.61 Å². The van der Waals surface area contributed by atoms with Crippen LogP contribution in [0.3, 0.4) is 0 Å². The molecule has 344 valence electrons. The van der Waals surface area contributed by atoms with Gasteiger partial charge in [-0.3, -0.25) is 14.1 Å². The van der Waals surface area contributed by atoms with Gasteiger partial charge in [-0.1, -0.05) is 231 Å². The van der Waals surface area contributed by atoms with Crippen LogP contribution in [0.2, 0.25) is 0 Å². The second-order valence-electron chi connectivity index (χ2n) is 17.2. The number of unbranched alkanes of at least 4 members (excludes halogenated alkanes) is 35. The predicted molar refractivity (Wildman–Crippen MR) is 244 cm³/mol. The van der Waals surface area contributed by atoms with Crippen molar-refractivity contribution >= 4 is 19.8 Å². The zero-order valence-electron chi connectivity index (χ0n) is 38.2. The third-order valence-corrected chi connectivity index (χ3v) is 11.8. The van der Waals surface area contributed by atoms with Crippen molar-refractivity contribution in [1.82, 2.24) is 0 Å². The van der Waals surface area contributed by atoms with Crippen molar-refractivity contribution < 1.29 is 37.9 Å². The van der Waals surface area contributed by atoms with Crippen LogP contribution in [0.15, 0.2) is 12.2 Å². The summed E-state index contributed by atoms with van der Waals surface area (Å²) in [6, 6.07) is 0. The van der Waals surface area contributed by atoms with Gasteiger partial charge in [0.25, 0.3) is 0 Å². The number of allylic oxidation sites excluding steroid dienone is 2. The molecule has 58 heavy (non-hydrogen) atoms. The number of hydrogen-bond donors (Lipinski definition) is 2. The van der Waals surface area contributed by atoms with Crippen LogP contribution in [0.1, 0.15) is 271 Å². The van der Waals surface area contributed by atoms with Crippen molar-refractivity contribution in [3.8, 4) is 0 Å². The van der Waals surface area contributed by atoms with Crippen molar-refractivity contribution in [2.45, 2.75) is 277 Å². The third kappa shape index (κ3) is 47.5. The normalized spacial score (nSPS) is 12.4. The number of carbonyl (C=O) groups excluding carboxylic acids is 2. The Bertz CT molecular complexity index is 951. The Morgan fingerprint density at radius 3 is 1.05 bits per heavy atom. The van der Waals surface area contributed by atoms with E-state index in [0.29, 0.717) is 6.42 Å². The number of rotatable bonds is 47. The van der Waals surface area contributed by atoms with Gasteiger partial charge in [-0.2, -0.15) is 0 Å². The first-order chi connectivity index (χ1) is 28.3. The van der Waals surface area contributed by atoms with Gasteiger partial charge in [-0.15, -0.1) is 0 Å². The van der Waals surface area contributed by atoms with Gasteiger partial charge in [0.2, 0.25) is 0 Å². The van der Waals surface area contributed by atoms with E-state index < -0.39 is 32.5 Å². The lowest BCUT2D eigenvalue weighted by molar-refractivity contribution is -0.161. The standard InChI is InChI=1S/C49H95O8P/c1-3-5-7-9-11-13-15-17-19-21-22-23-24-25-26-28-29-31-33-35-37-39-41-43-48(50)55-45-47(46-56-58(52,53)54)57-49(51)44-42-40-38-36-34-32-30-27-20-18-16-14-12-10-8-6-4-2/h18,20,47H,3-17,19,21-46H2,1-2H3,(H2,52,53,54)/b20-18+/t47-/m1/s1. The Labute approximate surface area is 358 Å². The van der Waals surface area contributed by atoms with Gasteiger partial charge in [-0.05, 0) is 38.5 Å². The summed E-state index contributed by atoms with van der Waals surface area (Å²) in [5, 5.41) is 0. The molecule has 8 nitrogen and oxygen atoms in total. The van der Waals surface area contributed by atoms with E-state index in [9.17, 15) is 14.2 Å². The zero-order valence-corrected chi connectivity index (χ0v) is 39.1. The molecular formula is C49H95O8P. The summed E-state index contributed by atoms with van der Waals surface area (Å²) >= 11 is 0. The molecule has 0 spiro atoms. The minimum atomic E-state index is -4.75. The fraction of sp³-hybridized carbons (Fsp3) is 0.918. The van der Waals surface area contributed by atoms with Crippen LogP contribution in [-0.2, 0) is 28.2 Å². The molecule has 0 aromatic heterocycles. The van der Waals surface area contributed by atoms with Crippen LogP contribution in [0.4, 0.5) is 0 Å². The number of esters is 2. The molecule has 9 heteroatoms. The highest BCUT2D eigenvalue weighted by molar-refractivity contribution is 7.46. The van der Waals surface area contributed by atoms with Crippen LogP contribution >= 0.6 is 7.82 Å². The Balaban J connectivity index is 3.77. The summed E-state index contributed by atoms with van der Waals surface area (Å²) in [6.07, 6.45) is 52.3. The highest BCUT2D eigenvalue weighted by Crippen LogP contribution is 2.36. The molecule has 0 aromatic rings. The lowest BCUT2D eigenvalue weighted by Crippen LogP contribution is -2.29. The van der Waals surface area contributed by atoms with Crippen molar-refractivity contribution in [3.05, 3.63) is 12.2 Å². The molecule has 2 N–H and O–H groups in total. The van der Waals surface area contributed by atoms with Crippen LogP contribution < -0.4 is 0 Å². The highest BCUT2D eigenvalue weighted by Gasteiger charge is 2.23. The van der Waals surface area contributed by atoms with Gasteiger partial charge in [0.15, 0.2) is 6.10 Å². The summed E-state index contributed by atoms with van der Waals surface area (Å²) in [4.78, 5) is 43.0. The second-order valence-corrected chi connectivity index (χ2v) is 18.4. The molecule has 0 saturated carbocycles. The molecule has 0 aliphatic heterocycles. The lowest BCUT2D eigenvalue weighted by Gasteiger charge is -2.18. The van der Waals surface area contributed by atoms with Gasteiger partial charge in [-0.25, -0.2) is 4.57 Å². The van der Waals surface area contributed by atoms with Crippen LogP contribution in [0.5, 0.6) is 0 Å². The molecule has 0 heterocycles. The van der Waals surface area contributed by atoms with E-state index >= 15 is 0 Å². The highest BCUT2D eigenvalue weighted by atomic mass is 31.2. The number of carbonyl (C=O) groups is 2. The molecule has 0 fully saturated rings. The molecule has 0 amide bonds. The Morgan fingerprint density at radius 2 is 0.724 bits per heavy atom. The summed E-state index contributed by atoms with van der Waals surface area (Å²) in [5.74, 6) is -0.872. The maximum Gasteiger partial charge on any atom is 0.469 e. The van der Waals surface area contributed by atoms with Gasteiger partial charge >= 0.3 is 19.8 Å². The Morgan fingerprint density at radius 1 is 0.431 bits per heavy atom. The van der Waals surface area contributed by atoms with Crippen LogP contribution in [-0.4, -0.2) is 41.0 Å². The molecule has 0 aliphatic carbocycles. The van der Waals surface area contributed by atoms with E-state index in [0.717, 1.165) is 44.9 Å². The number of ether oxygens (including phenoxy) is 2. The van der Waals surface area contributed by atoms with Crippen molar-refractivity contribution in [3.63, 3.8) is 0 Å². The van der Waals surface area contributed by atoms with Gasteiger partial charge < -0.3 is 19.3 Å². The molecule has 0 unspecified atom stereocenters. The minimum Gasteiger partial charge on any atom is -0.462 e. The number of hydrogen-bond acceptors (Lipinski definition) is 6. The summed E-state index contributed by atoms with van der Waals surface area (Å²) in [5.41, 5.74) is 0. The molecular weight excluding hydrogens is 748 g/mol. The number of phosphoric ester groups is 1. The van der Waals surface area contributed by atoms with Crippen molar-refractivity contribution in [1.29, 1.82) is 0 Å². The summed E-state index contributed by atoms with van der Waals surface area (Å²) in [6.45, 7) is 3.73. The van der Waals surface area contributed by atoms with Crippen molar-refractivity contribution in [2.75, 3.05) is 13.2 Å². The van der Waals surface area contributed by atoms with E-state index in [2.05, 4.69) is 30.5 Å². The van der Waals surface area contributed by atoms with E-state index in [4.69, 9.17) is 19.3 Å². The molecule has 0 rings (SSSR count). The lowest BCUT2D eigenvalue weighted by atomic mass is 10.0. The zero-order chi connectivity index (χ0) is 42.5. The largest absolute Gasteiger partial charge is 0.469 e. The van der Waals surface area contributed by atoms with Crippen LogP contribution in [0.25, 0.3) is 0 Å². The minimum absolute atomic E-state index is 0.212. The Hall–Kier alpha value is -1.21. The maximum atomic E-state index is 12.4. The quantitative estimate of drug-likeness (QED) is 0.0269. The smallest absolute Gasteiger partial charge is 0.462 e. The topological polar surface area (TPSA) is 119 Å². The Kier molecular flexibility index (Phi) is 44.4. The summed E-state index contributed by atoms with van der Waals surface area (Å²) in [7, 11) is -4.75. The summed E-state index contributed by atoms with van der Waals surface area (Å²) < 4.78 is 26.5. The van der Waals surface area contributed by atoms with E-state index in [1.807, 2.05) is 0 Å². The third-order valence-electron chi connectivity index (χ3n) is 11.3. The first-order valence-electron chi connectivity index (χ1n) is 25.0. The second kappa shape index (κ2) is 45.3. The predicted octanol–water partition coefficient (Wildman–Crippen LogP) is 15.8. The van der Waals surface area contributed by atoms with E-state index in [1.54, 1.807) is 0 Å². The molecule has 0 aromatic carbocycles. The average Bonchev–Trinajstić information content (AvgIpc) is 3.20. The molecule has 0 aliphatic rings. The molecule has 0 saturated heterocycles. The average molecular weight is 843 g/mol. The first-order valence-corrected chi connectivity index (χ1v) is 26.5. The first kappa shape index (κ1) is 56.8. The fourth-order valence-electron chi connectivity index (χ4n) is 7.55. The van der Waals surface area contributed by atoms with Gasteiger partial charge in [0.05, 0.1) is 6.61 Å².